The number of aromatic nitrogens is 1. The van der Waals surface area contributed by atoms with E-state index in [2.05, 4.69) is 60.2 Å². The summed E-state index contributed by atoms with van der Waals surface area (Å²) in [6.07, 6.45) is 0.191. The van der Waals surface area contributed by atoms with E-state index < -0.39 is 11.9 Å². The second-order valence-corrected chi connectivity index (χ2v) is 11.7. The number of urea groups is 1. The Morgan fingerprint density at radius 3 is 2.21 bits per heavy atom. The van der Waals surface area contributed by atoms with E-state index >= 15 is 0 Å². The lowest BCUT2D eigenvalue weighted by Gasteiger charge is -2.38. The zero-order valence-electron chi connectivity index (χ0n) is 22.9. The number of rotatable bonds is 5. The Labute approximate surface area is 224 Å². The van der Waals surface area contributed by atoms with Crippen molar-refractivity contribution in [3.05, 3.63) is 53.9 Å². The molecular weight excluding hydrogens is 491 g/mol. The molecule has 2 aromatic rings. The number of benzene rings is 1. The lowest BCUT2D eigenvalue weighted by atomic mass is 9.87. The molecule has 3 heterocycles. The first-order valence-corrected chi connectivity index (χ1v) is 13.6. The molecule has 0 atom stereocenters. The van der Waals surface area contributed by atoms with Crippen LogP contribution in [0.2, 0.25) is 0 Å². The minimum Gasteiger partial charge on any atom is -0.382 e. The molecule has 4 rings (SSSR count). The van der Waals surface area contributed by atoms with Gasteiger partial charge < -0.3 is 20.0 Å². The SMILES string of the molecule is CN(CC1CCN(c2ccc(C(C)(C)C)cc2)CC1)C(=O)N1CCC(Nc2ccnc(C(F)(F)F)c2)CC1. The molecule has 0 unspecified atom stereocenters. The van der Waals surface area contributed by atoms with E-state index in [-0.39, 0.29) is 17.5 Å². The maximum Gasteiger partial charge on any atom is 0.433 e. The van der Waals surface area contributed by atoms with Crippen molar-refractivity contribution in [2.24, 2.45) is 5.92 Å². The lowest BCUT2D eigenvalue weighted by molar-refractivity contribution is -0.141. The van der Waals surface area contributed by atoms with E-state index in [9.17, 15) is 18.0 Å². The van der Waals surface area contributed by atoms with Crippen LogP contribution in [0, 0.1) is 5.92 Å². The predicted molar refractivity (Wildman–Crippen MR) is 146 cm³/mol. The molecule has 0 spiro atoms. The van der Waals surface area contributed by atoms with Gasteiger partial charge in [-0.3, -0.25) is 4.98 Å². The van der Waals surface area contributed by atoms with Crippen LogP contribution in [0.25, 0.3) is 0 Å². The third-order valence-electron chi connectivity index (χ3n) is 7.76. The fourth-order valence-electron chi connectivity index (χ4n) is 5.38. The van der Waals surface area contributed by atoms with Gasteiger partial charge in [0.25, 0.3) is 0 Å². The van der Waals surface area contributed by atoms with E-state index in [1.54, 1.807) is 6.07 Å². The van der Waals surface area contributed by atoms with Gasteiger partial charge in [-0.15, -0.1) is 0 Å². The molecule has 9 heteroatoms. The Bertz CT molecular complexity index is 1070. The van der Waals surface area contributed by atoms with Crippen molar-refractivity contribution < 1.29 is 18.0 Å². The second kappa shape index (κ2) is 11.4. The molecule has 1 aromatic heterocycles. The van der Waals surface area contributed by atoms with Crippen LogP contribution in [-0.2, 0) is 11.6 Å². The predicted octanol–water partition coefficient (Wildman–Crippen LogP) is 6.24. The maximum atomic E-state index is 13.1. The summed E-state index contributed by atoms with van der Waals surface area (Å²) in [4.78, 5) is 22.6. The molecule has 2 fully saturated rings. The zero-order chi connectivity index (χ0) is 27.5. The Morgan fingerprint density at radius 2 is 1.63 bits per heavy atom. The highest BCUT2D eigenvalue weighted by molar-refractivity contribution is 5.74. The van der Waals surface area contributed by atoms with Crippen molar-refractivity contribution in [1.29, 1.82) is 0 Å². The quantitative estimate of drug-likeness (QED) is 0.496. The molecule has 0 bridgehead atoms. The number of hydrogen-bond donors (Lipinski definition) is 1. The largest absolute Gasteiger partial charge is 0.433 e. The minimum atomic E-state index is -4.47. The number of amides is 2. The van der Waals surface area contributed by atoms with Gasteiger partial charge in [0.2, 0.25) is 0 Å². The summed E-state index contributed by atoms with van der Waals surface area (Å²) >= 11 is 0. The number of alkyl halides is 3. The van der Waals surface area contributed by atoms with E-state index in [1.165, 1.54) is 17.4 Å². The van der Waals surface area contributed by atoms with Crippen LogP contribution >= 0.6 is 0 Å². The number of hydrogen-bond acceptors (Lipinski definition) is 4. The normalized spacial score (nSPS) is 18.0. The summed E-state index contributed by atoms with van der Waals surface area (Å²) in [6, 6.07) is 11.5. The third kappa shape index (κ3) is 7.11. The molecule has 2 aliphatic heterocycles. The molecule has 6 nitrogen and oxygen atoms in total. The van der Waals surface area contributed by atoms with E-state index in [1.807, 2.05) is 16.8 Å². The third-order valence-corrected chi connectivity index (χ3v) is 7.76. The Balaban J connectivity index is 1.20. The Hall–Kier alpha value is -2.97. The summed E-state index contributed by atoms with van der Waals surface area (Å²) in [5.74, 6) is 0.475. The van der Waals surface area contributed by atoms with Crippen molar-refractivity contribution in [2.45, 2.75) is 64.1 Å². The minimum absolute atomic E-state index is 0.0228. The molecule has 38 heavy (non-hydrogen) atoms. The van der Waals surface area contributed by atoms with Gasteiger partial charge in [-0.05, 0) is 66.8 Å². The lowest BCUT2D eigenvalue weighted by Crippen LogP contribution is -2.49. The number of likely N-dealkylation sites (tertiary alicyclic amines) is 1. The highest BCUT2D eigenvalue weighted by Gasteiger charge is 2.33. The van der Waals surface area contributed by atoms with Crippen molar-refractivity contribution in [1.82, 2.24) is 14.8 Å². The molecule has 2 aliphatic rings. The number of piperidine rings is 2. The number of anilines is 2. The van der Waals surface area contributed by atoms with Crippen LogP contribution in [0.5, 0.6) is 0 Å². The van der Waals surface area contributed by atoms with Gasteiger partial charge in [-0.2, -0.15) is 13.2 Å². The van der Waals surface area contributed by atoms with Crippen LogP contribution in [0.15, 0.2) is 42.6 Å². The number of nitrogens with one attached hydrogen (secondary N) is 1. The van der Waals surface area contributed by atoms with Gasteiger partial charge in [0.05, 0.1) is 0 Å². The second-order valence-electron chi connectivity index (χ2n) is 11.7. The fraction of sp³-hybridized carbons (Fsp3) is 0.586. The smallest absolute Gasteiger partial charge is 0.382 e. The van der Waals surface area contributed by atoms with Gasteiger partial charge in [-0.1, -0.05) is 32.9 Å². The molecule has 0 radical (unpaired) electrons. The molecule has 1 N–H and O–H groups in total. The highest BCUT2D eigenvalue weighted by Crippen LogP contribution is 2.30. The van der Waals surface area contributed by atoms with Crippen molar-refractivity contribution in [2.75, 3.05) is 50.0 Å². The van der Waals surface area contributed by atoms with E-state index in [0.717, 1.165) is 38.5 Å². The standard InChI is InChI=1S/C29H40F3N5O/c1-28(2,3)22-5-7-25(8-6-22)36-15-10-21(11-16-36)20-35(4)27(38)37-17-12-23(13-18-37)34-24-9-14-33-26(19-24)29(30,31)32/h5-9,14,19,21,23H,10-13,15-18,20H2,1-4H3,(H,33,34). The van der Waals surface area contributed by atoms with Crippen LogP contribution in [0.1, 0.15) is 57.7 Å². The molecule has 1 aromatic carbocycles. The number of pyridine rings is 1. The van der Waals surface area contributed by atoms with Gasteiger partial charge in [0.1, 0.15) is 5.69 Å². The first-order chi connectivity index (χ1) is 17.9. The van der Waals surface area contributed by atoms with Crippen LogP contribution < -0.4 is 10.2 Å². The zero-order valence-corrected chi connectivity index (χ0v) is 22.9. The summed E-state index contributed by atoms with van der Waals surface area (Å²) < 4.78 is 38.8. The topological polar surface area (TPSA) is 51.7 Å². The van der Waals surface area contributed by atoms with Crippen LogP contribution in [0.4, 0.5) is 29.3 Å². The number of carbonyl (C=O) groups is 1. The van der Waals surface area contributed by atoms with Gasteiger partial charge in [0, 0.05) is 63.4 Å². The highest BCUT2D eigenvalue weighted by atomic mass is 19.4. The van der Waals surface area contributed by atoms with E-state index in [0.29, 0.717) is 37.5 Å². The first-order valence-electron chi connectivity index (χ1n) is 13.6. The number of halogens is 3. The summed E-state index contributed by atoms with van der Waals surface area (Å²) in [5, 5.41) is 3.18. The van der Waals surface area contributed by atoms with Gasteiger partial charge >= 0.3 is 12.2 Å². The monoisotopic (exact) mass is 531 g/mol. The molecule has 0 saturated carbocycles. The fourth-order valence-corrected chi connectivity index (χ4v) is 5.38. The van der Waals surface area contributed by atoms with Crippen LogP contribution in [-0.4, -0.2) is 66.6 Å². The average Bonchev–Trinajstić information content (AvgIpc) is 2.88. The number of nitrogens with zero attached hydrogens (tertiary/aromatic N) is 4. The summed E-state index contributed by atoms with van der Waals surface area (Å²) in [7, 11) is 1.87. The molecule has 208 valence electrons. The van der Waals surface area contributed by atoms with Crippen molar-refractivity contribution >= 4 is 17.4 Å². The Kier molecular flexibility index (Phi) is 8.43. The molecule has 2 amide bonds. The van der Waals surface area contributed by atoms with Gasteiger partial charge in [0.15, 0.2) is 0 Å². The number of carbonyl (C=O) groups excluding carboxylic acids is 1. The maximum absolute atomic E-state index is 13.1. The van der Waals surface area contributed by atoms with Crippen molar-refractivity contribution in [3.63, 3.8) is 0 Å². The summed E-state index contributed by atoms with van der Waals surface area (Å²) in [6.45, 7) is 10.6. The van der Waals surface area contributed by atoms with Crippen molar-refractivity contribution in [3.8, 4) is 0 Å². The first kappa shape index (κ1) is 28.0. The Morgan fingerprint density at radius 1 is 1.00 bits per heavy atom. The molecular formula is C29H40F3N5O. The average molecular weight is 532 g/mol. The van der Waals surface area contributed by atoms with Gasteiger partial charge in [-0.25, -0.2) is 4.79 Å². The van der Waals surface area contributed by atoms with Crippen LogP contribution in [0.3, 0.4) is 0 Å². The molecule has 2 saturated heterocycles. The molecule has 0 aliphatic carbocycles. The summed E-state index contributed by atoms with van der Waals surface area (Å²) in [5.41, 5.74) is 2.25. The van der Waals surface area contributed by atoms with E-state index in [4.69, 9.17) is 0 Å².